The van der Waals surface area contributed by atoms with Gasteiger partial charge in [-0.05, 0) is 42.9 Å². The van der Waals surface area contributed by atoms with Crippen molar-refractivity contribution in [3.05, 3.63) is 30.1 Å². The Bertz CT molecular complexity index is 537. The highest BCUT2D eigenvalue weighted by molar-refractivity contribution is 7.80. The summed E-state index contributed by atoms with van der Waals surface area (Å²) in [6.45, 7) is 1.97. The molecular formula is C14H17Cl3FN3OS. The molecule has 0 heterocycles. The Morgan fingerprint density at radius 1 is 1.26 bits per heavy atom. The lowest BCUT2D eigenvalue weighted by molar-refractivity contribution is -0.122. The summed E-state index contributed by atoms with van der Waals surface area (Å²) in [6, 6.07) is 5.58. The lowest BCUT2D eigenvalue weighted by Crippen LogP contribution is -2.56. The fraction of sp³-hybridized carbons (Fsp3) is 0.429. The van der Waals surface area contributed by atoms with Crippen molar-refractivity contribution in [3.63, 3.8) is 0 Å². The number of unbranched alkanes of at least 4 members (excludes halogenated alkanes) is 1. The number of rotatable bonds is 6. The number of thiocarbonyl (C=S) groups is 1. The molecule has 0 saturated carbocycles. The predicted octanol–water partition coefficient (Wildman–Crippen LogP) is 4.11. The molecule has 3 N–H and O–H groups in total. The van der Waals surface area contributed by atoms with Crippen molar-refractivity contribution in [1.82, 2.24) is 10.6 Å². The van der Waals surface area contributed by atoms with Gasteiger partial charge in [0.2, 0.25) is 9.70 Å². The summed E-state index contributed by atoms with van der Waals surface area (Å²) in [7, 11) is 0. The molecule has 128 valence electrons. The lowest BCUT2D eigenvalue weighted by Gasteiger charge is -2.27. The van der Waals surface area contributed by atoms with E-state index in [2.05, 4.69) is 16.0 Å². The highest BCUT2D eigenvalue weighted by atomic mass is 35.6. The third kappa shape index (κ3) is 8.01. The highest BCUT2D eigenvalue weighted by Gasteiger charge is 2.34. The van der Waals surface area contributed by atoms with Crippen LogP contribution < -0.4 is 16.0 Å². The first-order valence-electron chi connectivity index (χ1n) is 6.91. The molecular weight excluding hydrogens is 384 g/mol. The normalized spacial score (nSPS) is 12.4. The molecule has 0 aromatic heterocycles. The van der Waals surface area contributed by atoms with E-state index in [0.717, 1.165) is 12.8 Å². The second-order valence-electron chi connectivity index (χ2n) is 4.75. The average Bonchev–Trinajstić information content (AvgIpc) is 2.46. The molecule has 0 aliphatic rings. The van der Waals surface area contributed by atoms with E-state index in [4.69, 9.17) is 47.0 Å². The molecule has 0 unspecified atom stereocenters. The Hall–Kier alpha value is -0.820. The van der Waals surface area contributed by atoms with Crippen LogP contribution in [0, 0.1) is 5.82 Å². The van der Waals surface area contributed by atoms with Gasteiger partial charge in [0.1, 0.15) is 12.0 Å². The molecule has 1 amide bonds. The predicted molar refractivity (Wildman–Crippen MR) is 97.5 cm³/mol. The first-order valence-corrected chi connectivity index (χ1v) is 8.45. The van der Waals surface area contributed by atoms with Crippen LogP contribution in [0.1, 0.15) is 26.2 Å². The Balaban J connectivity index is 2.63. The summed E-state index contributed by atoms with van der Waals surface area (Å²) in [5.74, 6) is -0.614. The van der Waals surface area contributed by atoms with Crippen LogP contribution >= 0.6 is 47.0 Å². The third-order valence-electron chi connectivity index (χ3n) is 2.77. The van der Waals surface area contributed by atoms with Gasteiger partial charge in [0, 0.05) is 12.1 Å². The van der Waals surface area contributed by atoms with Crippen molar-refractivity contribution in [2.24, 2.45) is 0 Å². The Labute approximate surface area is 155 Å². The van der Waals surface area contributed by atoms with Crippen LogP contribution in [-0.2, 0) is 4.79 Å². The first-order chi connectivity index (χ1) is 10.7. The van der Waals surface area contributed by atoms with Gasteiger partial charge in [-0.1, -0.05) is 48.1 Å². The summed E-state index contributed by atoms with van der Waals surface area (Å²) in [4.78, 5) is 11.8. The number of halogens is 4. The van der Waals surface area contributed by atoms with Crippen molar-refractivity contribution in [3.8, 4) is 0 Å². The van der Waals surface area contributed by atoms with E-state index >= 15 is 0 Å². The number of alkyl halides is 3. The van der Waals surface area contributed by atoms with Gasteiger partial charge in [0.05, 0.1) is 0 Å². The Morgan fingerprint density at radius 3 is 2.39 bits per heavy atom. The molecule has 1 aromatic rings. The van der Waals surface area contributed by atoms with Gasteiger partial charge in [-0.25, -0.2) is 4.39 Å². The van der Waals surface area contributed by atoms with Gasteiger partial charge in [-0.2, -0.15) is 0 Å². The summed E-state index contributed by atoms with van der Waals surface area (Å²) in [6.07, 6.45) is 0.936. The molecule has 0 fully saturated rings. The van der Waals surface area contributed by atoms with Gasteiger partial charge in [0.15, 0.2) is 5.11 Å². The van der Waals surface area contributed by atoms with E-state index < -0.39 is 9.96 Å². The number of hydrogen-bond donors (Lipinski definition) is 3. The van der Waals surface area contributed by atoms with Crippen LogP contribution in [-0.4, -0.2) is 21.0 Å². The molecule has 0 bridgehead atoms. The molecule has 1 atom stereocenters. The maximum absolute atomic E-state index is 12.9. The van der Waals surface area contributed by atoms with Crippen molar-refractivity contribution in [1.29, 1.82) is 0 Å². The maximum atomic E-state index is 12.9. The largest absolute Gasteiger partial charge is 0.339 e. The van der Waals surface area contributed by atoms with Crippen molar-refractivity contribution in [2.75, 3.05) is 5.32 Å². The summed E-state index contributed by atoms with van der Waals surface area (Å²) >= 11 is 22.7. The van der Waals surface area contributed by atoms with Crippen LogP contribution in [0.2, 0.25) is 0 Å². The molecule has 4 nitrogen and oxygen atoms in total. The molecule has 0 spiro atoms. The number of carbonyl (C=O) groups is 1. The fourth-order valence-electron chi connectivity index (χ4n) is 1.60. The van der Waals surface area contributed by atoms with E-state index in [1.807, 2.05) is 6.92 Å². The van der Waals surface area contributed by atoms with Crippen LogP contribution in [0.15, 0.2) is 24.3 Å². The zero-order chi connectivity index (χ0) is 17.5. The number of nitrogens with one attached hydrogen (secondary N) is 3. The van der Waals surface area contributed by atoms with Crippen molar-refractivity contribution < 1.29 is 9.18 Å². The second-order valence-corrected chi connectivity index (χ2v) is 7.53. The maximum Gasteiger partial charge on any atom is 0.228 e. The monoisotopic (exact) mass is 399 g/mol. The summed E-state index contributed by atoms with van der Waals surface area (Å²) < 4.78 is 11.1. The molecule has 1 aromatic carbocycles. The van der Waals surface area contributed by atoms with Crippen LogP contribution in [0.4, 0.5) is 10.1 Å². The molecule has 1 rings (SSSR count). The van der Waals surface area contributed by atoms with E-state index in [9.17, 15) is 9.18 Å². The van der Waals surface area contributed by atoms with Gasteiger partial charge in [-0.3, -0.25) is 4.79 Å². The smallest absolute Gasteiger partial charge is 0.228 e. The minimum Gasteiger partial charge on any atom is -0.339 e. The standard InChI is InChI=1S/C14H17Cl3FN3OS/c1-2-3-4-11(22)20-12(14(15,16)17)21-13(23)19-10-7-5-9(18)6-8-10/h5-8,12H,2-4H2,1H3,(H,20,22)(H2,19,21,23)/t12-/m0/s1. The molecule has 0 saturated heterocycles. The van der Waals surface area contributed by atoms with Crippen molar-refractivity contribution in [2.45, 2.75) is 36.1 Å². The zero-order valence-electron chi connectivity index (χ0n) is 12.3. The van der Waals surface area contributed by atoms with E-state index in [-0.39, 0.29) is 16.8 Å². The van der Waals surface area contributed by atoms with E-state index in [0.29, 0.717) is 12.1 Å². The van der Waals surface area contributed by atoms with E-state index in [1.54, 1.807) is 0 Å². The first kappa shape index (κ1) is 20.2. The van der Waals surface area contributed by atoms with Crippen molar-refractivity contribution >= 4 is 63.7 Å². The highest BCUT2D eigenvalue weighted by Crippen LogP contribution is 2.29. The van der Waals surface area contributed by atoms with Gasteiger partial charge in [0.25, 0.3) is 0 Å². The number of carbonyl (C=O) groups excluding carboxylic acids is 1. The fourth-order valence-corrected chi connectivity index (χ4v) is 2.16. The summed E-state index contributed by atoms with van der Waals surface area (Å²) in [5, 5.41) is 8.25. The molecule has 9 heteroatoms. The van der Waals surface area contributed by atoms with Crippen LogP contribution in [0.3, 0.4) is 0 Å². The molecule has 0 aliphatic carbocycles. The minimum atomic E-state index is -1.80. The quantitative estimate of drug-likeness (QED) is 0.382. The van der Waals surface area contributed by atoms with Gasteiger partial charge in [-0.15, -0.1) is 0 Å². The Kier molecular flexibility index (Phi) is 8.33. The number of hydrogen-bond acceptors (Lipinski definition) is 2. The lowest BCUT2D eigenvalue weighted by atomic mass is 10.2. The topological polar surface area (TPSA) is 53.2 Å². The SMILES string of the molecule is CCCCC(=O)N[C@@H](NC(=S)Nc1ccc(F)cc1)C(Cl)(Cl)Cl. The van der Waals surface area contributed by atoms with Gasteiger partial charge >= 0.3 is 0 Å². The Morgan fingerprint density at radius 2 is 1.87 bits per heavy atom. The average molecular weight is 401 g/mol. The minimum absolute atomic E-state index is 0.128. The number of anilines is 1. The third-order valence-corrected chi connectivity index (χ3v) is 3.64. The second kappa shape index (κ2) is 9.47. The van der Waals surface area contributed by atoms with Crippen LogP contribution in [0.5, 0.6) is 0 Å². The molecule has 23 heavy (non-hydrogen) atoms. The number of amides is 1. The molecule has 0 aliphatic heterocycles. The zero-order valence-corrected chi connectivity index (χ0v) is 15.4. The van der Waals surface area contributed by atoms with Crippen LogP contribution in [0.25, 0.3) is 0 Å². The molecule has 0 radical (unpaired) electrons. The summed E-state index contributed by atoms with van der Waals surface area (Å²) in [5.41, 5.74) is 0.560. The van der Waals surface area contributed by atoms with E-state index in [1.165, 1.54) is 24.3 Å². The van der Waals surface area contributed by atoms with Gasteiger partial charge < -0.3 is 16.0 Å². The number of benzene rings is 1.